The number of carbonyl (C=O) groups excluding carboxylic acids is 1. The van der Waals surface area contributed by atoms with Crippen molar-refractivity contribution in [2.24, 2.45) is 0 Å². The number of nitrogens with zero attached hydrogens (tertiary/aromatic N) is 2. The monoisotopic (exact) mass is 423 g/mol. The predicted molar refractivity (Wildman–Crippen MR) is 114 cm³/mol. The number of rotatable bonds is 5. The van der Waals surface area contributed by atoms with Gasteiger partial charge in [-0.3, -0.25) is 10.1 Å². The molecule has 7 heteroatoms. The Morgan fingerprint density at radius 1 is 0.897 bits per heavy atom. The van der Waals surface area contributed by atoms with Crippen molar-refractivity contribution in [3.05, 3.63) is 88.4 Å². The van der Waals surface area contributed by atoms with Gasteiger partial charge in [-0.1, -0.05) is 82.9 Å². The molecule has 3 aromatic carbocycles. The van der Waals surface area contributed by atoms with Gasteiger partial charge in [0.05, 0.1) is 17.0 Å². The lowest BCUT2D eigenvalue weighted by atomic mass is 10.0. The number of benzene rings is 3. The molecule has 0 aliphatic heterocycles. The third kappa shape index (κ3) is 4.65. The Morgan fingerprint density at radius 2 is 1.62 bits per heavy atom. The van der Waals surface area contributed by atoms with Crippen LogP contribution in [0.15, 0.2) is 77.2 Å². The summed E-state index contributed by atoms with van der Waals surface area (Å²) in [5.74, 6) is -0.0518. The smallest absolute Gasteiger partial charge is 0.322 e. The molecule has 0 bridgehead atoms. The van der Waals surface area contributed by atoms with Crippen LogP contribution in [0.2, 0.25) is 10.0 Å². The Bertz CT molecular complexity index is 1140. The molecule has 1 aromatic heterocycles. The zero-order valence-corrected chi connectivity index (χ0v) is 16.6. The Balaban J connectivity index is 1.41. The summed E-state index contributed by atoms with van der Waals surface area (Å²) < 4.78 is 5.49. The van der Waals surface area contributed by atoms with Crippen LogP contribution in [0.1, 0.15) is 5.56 Å². The summed E-state index contributed by atoms with van der Waals surface area (Å²) in [6.07, 6.45) is 0.189. The number of amides is 1. The van der Waals surface area contributed by atoms with Gasteiger partial charge in [0, 0.05) is 5.02 Å². The molecule has 1 amide bonds. The van der Waals surface area contributed by atoms with Crippen molar-refractivity contribution >= 4 is 35.1 Å². The van der Waals surface area contributed by atoms with Crippen molar-refractivity contribution in [2.45, 2.75) is 6.42 Å². The van der Waals surface area contributed by atoms with Crippen LogP contribution in [-0.2, 0) is 11.2 Å². The van der Waals surface area contributed by atoms with E-state index in [1.54, 1.807) is 18.2 Å². The summed E-state index contributed by atoms with van der Waals surface area (Å²) in [4.78, 5) is 12.3. The fourth-order valence-corrected chi connectivity index (χ4v) is 3.33. The molecular weight excluding hydrogens is 409 g/mol. The maximum Gasteiger partial charge on any atom is 0.322 e. The maximum absolute atomic E-state index is 12.3. The van der Waals surface area contributed by atoms with Crippen LogP contribution in [0.4, 0.5) is 6.01 Å². The number of carbonyl (C=O) groups is 1. The van der Waals surface area contributed by atoms with Crippen LogP contribution in [0.3, 0.4) is 0 Å². The molecule has 0 atom stereocenters. The van der Waals surface area contributed by atoms with Gasteiger partial charge in [-0.15, -0.1) is 5.10 Å². The minimum Gasteiger partial charge on any atom is -0.403 e. The Kier molecular flexibility index (Phi) is 5.60. The van der Waals surface area contributed by atoms with Crippen molar-refractivity contribution in [2.75, 3.05) is 5.32 Å². The van der Waals surface area contributed by atoms with Crippen LogP contribution in [0, 0.1) is 0 Å². The van der Waals surface area contributed by atoms with Crippen LogP contribution >= 0.6 is 23.2 Å². The molecule has 0 aliphatic rings. The fraction of sp³-hybridized carbons (Fsp3) is 0.0455. The van der Waals surface area contributed by atoms with Crippen LogP contribution in [0.25, 0.3) is 22.6 Å². The van der Waals surface area contributed by atoms with Gasteiger partial charge in [0.1, 0.15) is 0 Å². The van der Waals surface area contributed by atoms with Crippen LogP contribution < -0.4 is 5.32 Å². The summed E-state index contributed by atoms with van der Waals surface area (Å²) in [7, 11) is 0. The van der Waals surface area contributed by atoms with Crippen molar-refractivity contribution in [3.63, 3.8) is 0 Å². The molecule has 4 aromatic rings. The molecule has 0 saturated heterocycles. The maximum atomic E-state index is 12.3. The molecule has 144 valence electrons. The standard InChI is InChI=1S/C22H15Cl2N3O2/c23-17-10-11-18(19(24)13-17)21-26-27-22(29-21)25-20(28)12-14-6-8-16(9-7-14)15-4-2-1-3-5-15/h1-11,13H,12H2,(H,25,27,28). The summed E-state index contributed by atoms with van der Waals surface area (Å²) >= 11 is 12.0. The molecule has 0 radical (unpaired) electrons. The molecule has 0 fully saturated rings. The quantitative estimate of drug-likeness (QED) is 0.434. The van der Waals surface area contributed by atoms with Crippen LogP contribution in [0.5, 0.6) is 0 Å². The minimum absolute atomic E-state index is 0.0110. The van der Waals surface area contributed by atoms with Gasteiger partial charge in [0.2, 0.25) is 5.91 Å². The lowest BCUT2D eigenvalue weighted by Crippen LogP contribution is -2.14. The molecule has 4 rings (SSSR count). The molecule has 0 unspecified atom stereocenters. The van der Waals surface area contributed by atoms with Crippen molar-refractivity contribution in [1.82, 2.24) is 10.2 Å². The molecule has 1 heterocycles. The van der Waals surface area contributed by atoms with Gasteiger partial charge in [0.15, 0.2) is 0 Å². The van der Waals surface area contributed by atoms with E-state index in [2.05, 4.69) is 15.5 Å². The lowest BCUT2D eigenvalue weighted by Gasteiger charge is -2.04. The van der Waals surface area contributed by atoms with E-state index in [0.717, 1.165) is 16.7 Å². The van der Waals surface area contributed by atoms with Gasteiger partial charge in [0.25, 0.3) is 5.89 Å². The van der Waals surface area contributed by atoms with Crippen molar-refractivity contribution in [3.8, 4) is 22.6 Å². The van der Waals surface area contributed by atoms with E-state index in [-0.39, 0.29) is 24.2 Å². The second-order valence-electron chi connectivity index (χ2n) is 6.32. The number of halogens is 2. The molecule has 29 heavy (non-hydrogen) atoms. The van der Waals surface area contributed by atoms with Gasteiger partial charge >= 0.3 is 6.01 Å². The number of aromatic nitrogens is 2. The zero-order valence-electron chi connectivity index (χ0n) is 15.1. The summed E-state index contributed by atoms with van der Waals surface area (Å²) in [6.45, 7) is 0. The fourth-order valence-electron chi connectivity index (χ4n) is 2.84. The van der Waals surface area contributed by atoms with E-state index in [0.29, 0.717) is 15.6 Å². The third-order valence-electron chi connectivity index (χ3n) is 4.26. The second kappa shape index (κ2) is 8.47. The average Bonchev–Trinajstić information content (AvgIpc) is 3.17. The molecule has 0 spiro atoms. The highest BCUT2D eigenvalue weighted by Crippen LogP contribution is 2.30. The second-order valence-corrected chi connectivity index (χ2v) is 7.17. The van der Waals surface area contributed by atoms with Gasteiger partial charge in [-0.05, 0) is 34.9 Å². The summed E-state index contributed by atoms with van der Waals surface area (Å²) in [6, 6.07) is 22.8. The van der Waals surface area contributed by atoms with E-state index in [1.807, 2.05) is 54.6 Å². The average molecular weight is 424 g/mol. The topological polar surface area (TPSA) is 68.0 Å². The van der Waals surface area contributed by atoms with Gasteiger partial charge < -0.3 is 4.42 Å². The Morgan fingerprint density at radius 3 is 2.34 bits per heavy atom. The van der Waals surface area contributed by atoms with Gasteiger partial charge in [-0.2, -0.15) is 0 Å². The molecule has 5 nitrogen and oxygen atoms in total. The van der Waals surface area contributed by atoms with Crippen molar-refractivity contribution < 1.29 is 9.21 Å². The first-order valence-electron chi connectivity index (χ1n) is 8.81. The lowest BCUT2D eigenvalue weighted by molar-refractivity contribution is -0.115. The zero-order chi connectivity index (χ0) is 20.2. The first-order valence-corrected chi connectivity index (χ1v) is 9.57. The third-order valence-corrected chi connectivity index (χ3v) is 4.81. The summed E-state index contributed by atoms with van der Waals surface area (Å²) in [5.41, 5.74) is 3.64. The van der Waals surface area contributed by atoms with Gasteiger partial charge in [-0.25, -0.2) is 0 Å². The van der Waals surface area contributed by atoms with E-state index in [1.165, 1.54) is 0 Å². The largest absolute Gasteiger partial charge is 0.403 e. The normalized spacial score (nSPS) is 10.7. The number of nitrogens with one attached hydrogen (secondary N) is 1. The highest BCUT2D eigenvalue weighted by molar-refractivity contribution is 6.36. The molecule has 1 N–H and O–H groups in total. The highest BCUT2D eigenvalue weighted by Gasteiger charge is 2.14. The van der Waals surface area contributed by atoms with Crippen molar-refractivity contribution in [1.29, 1.82) is 0 Å². The number of hydrogen-bond acceptors (Lipinski definition) is 4. The minimum atomic E-state index is -0.255. The highest BCUT2D eigenvalue weighted by atomic mass is 35.5. The number of hydrogen-bond donors (Lipinski definition) is 1. The summed E-state index contributed by atoms with van der Waals surface area (Å²) in [5, 5.41) is 11.3. The van der Waals surface area contributed by atoms with E-state index >= 15 is 0 Å². The SMILES string of the molecule is O=C(Cc1ccc(-c2ccccc2)cc1)Nc1nnc(-c2ccc(Cl)cc2Cl)o1. The van der Waals surface area contributed by atoms with Crippen LogP contribution in [-0.4, -0.2) is 16.1 Å². The first kappa shape index (κ1) is 19.2. The Labute approximate surface area is 177 Å². The number of anilines is 1. The van der Waals surface area contributed by atoms with E-state index in [4.69, 9.17) is 27.6 Å². The van der Waals surface area contributed by atoms with E-state index in [9.17, 15) is 4.79 Å². The molecule has 0 saturated carbocycles. The predicted octanol–water partition coefficient (Wildman–Crippen LogP) is 5.89. The molecule has 0 aliphatic carbocycles. The Hall–Kier alpha value is -3.15. The first-order chi connectivity index (χ1) is 14.1. The molecular formula is C22H15Cl2N3O2. The van der Waals surface area contributed by atoms with E-state index < -0.39 is 0 Å².